The van der Waals surface area contributed by atoms with E-state index in [2.05, 4.69) is 79.3 Å². The van der Waals surface area contributed by atoms with Gasteiger partial charge in [0.1, 0.15) is 0 Å². The van der Waals surface area contributed by atoms with Crippen molar-refractivity contribution in [1.82, 2.24) is 0 Å². The molecule has 0 amide bonds. The van der Waals surface area contributed by atoms with Crippen molar-refractivity contribution in [3.05, 3.63) is 58.7 Å². The fraction of sp³-hybridized carbons (Fsp3) is 0.677. The van der Waals surface area contributed by atoms with Crippen LogP contribution < -0.4 is 0 Å². The van der Waals surface area contributed by atoms with Gasteiger partial charge < -0.3 is 0 Å². The molecule has 1 aliphatic rings. The highest BCUT2D eigenvalue weighted by atomic mass is 14.4. The third-order valence-electron chi connectivity index (χ3n) is 7.18. The molecule has 0 saturated heterocycles. The minimum atomic E-state index is 0.438. The second-order valence-electron chi connectivity index (χ2n) is 10.8. The lowest BCUT2D eigenvalue weighted by molar-refractivity contribution is 0.180. The van der Waals surface area contributed by atoms with Crippen LogP contribution in [0.2, 0.25) is 0 Å². The van der Waals surface area contributed by atoms with Crippen molar-refractivity contribution in [3.63, 3.8) is 0 Å². The first-order valence-corrected chi connectivity index (χ1v) is 13.0. The maximum absolute atomic E-state index is 4.39. The van der Waals surface area contributed by atoms with E-state index in [-0.39, 0.29) is 0 Å². The normalized spacial score (nSPS) is 20.2. The molecule has 0 heterocycles. The molecule has 0 aliphatic heterocycles. The quantitative estimate of drug-likeness (QED) is 0.204. The Balaban J connectivity index is 2.33. The van der Waals surface area contributed by atoms with E-state index in [1.807, 2.05) is 0 Å². The van der Waals surface area contributed by atoms with E-state index in [1.165, 1.54) is 88.2 Å². The third kappa shape index (κ3) is 11.8. The molecule has 31 heavy (non-hydrogen) atoms. The van der Waals surface area contributed by atoms with Gasteiger partial charge in [-0.25, -0.2) is 0 Å². The zero-order chi connectivity index (χ0) is 23.3. The highest BCUT2D eigenvalue weighted by Gasteiger charge is 2.33. The molecule has 0 nitrogen and oxygen atoms in total. The standard InChI is InChI=1S/C31H52/c1-9-29(20-12-15-25(2)3)21-13-18-26(4)16-10-11-17-27(5)22-23-30-28(6)19-14-24-31(30,7)8/h15-17,21,30H,6,9-14,18-20,22-24H2,1-5,7-8H3/b26-16+,27-17+,29-21+. The molecule has 1 rings (SSSR count). The van der Waals surface area contributed by atoms with E-state index in [4.69, 9.17) is 0 Å². The van der Waals surface area contributed by atoms with Crippen molar-refractivity contribution in [2.75, 3.05) is 0 Å². The van der Waals surface area contributed by atoms with Crippen molar-refractivity contribution in [3.8, 4) is 0 Å². The molecule has 0 aromatic heterocycles. The summed E-state index contributed by atoms with van der Waals surface area (Å²) in [5.74, 6) is 0.704. The predicted molar refractivity (Wildman–Crippen MR) is 143 cm³/mol. The molecule has 0 spiro atoms. The number of allylic oxidation sites excluding steroid dienone is 9. The molecule has 0 aromatic rings. The van der Waals surface area contributed by atoms with Crippen molar-refractivity contribution in [2.24, 2.45) is 11.3 Å². The van der Waals surface area contributed by atoms with Gasteiger partial charge in [0, 0.05) is 0 Å². The van der Waals surface area contributed by atoms with E-state index in [1.54, 1.807) is 16.7 Å². The van der Waals surface area contributed by atoms with Crippen molar-refractivity contribution < 1.29 is 0 Å². The van der Waals surface area contributed by atoms with Crippen LogP contribution >= 0.6 is 0 Å². The van der Waals surface area contributed by atoms with E-state index >= 15 is 0 Å². The van der Waals surface area contributed by atoms with E-state index in [9.17, 15) is 0 Å². The summed E-state index contributed by atoms with van der Waals surface area (Å²) >= 11 is 0. The Kier molecular flexibility index (Phi) is 13.2. The van der Waals surface area contributed by atoms with Gasteiger partial charge in [0.05, 0.1) is 0 Å². The zero-order valence-electron chi connectivity index (χ0n) is 22.1. The van der Waals surface area contributed by atoms with Crippen LogP contribution in [0, 0.1) is 11.3 Å². The van der Waals surface area contributed by atoms with Crippen LogP contribution in [0.25, 0.3) is 0 Å². The second kappa shape index (κ2) is 14.7. The Morgan fingerprint density at radius 3 is 2.06 bits per heavy atom. The maximum Gasteiger partial charge on any atom is -0.0152 e. The summed E-state index contributed by atoms with van der Waals surface area (Å²) in [4.78, 5) is 0. The Labute approximate surface area is 195 Å². The van der Waals surface area contributed by atoms with Crippen LogP contribution in [0.3, 0.4) is 0 Å². The lowest BCUT2D eigenvalue weighted by atomic mass is 9.65. The number of rotatable bonds is 13. The molecule has 1 atom stereocenters. The van der Waals surface area contributed by atoms with Gasteiger partial charge >= 0.3 is 0 Å². The lowest BCUT2D eigenvalue weighted by Crippen LogP contribution is -2.29. The summed E-state index contributed by atoms with van der Waals surface area (Å²) < 4.78 is 0. The lowest BCUT2D eigenvalue weighted by Gasteiger charge is -2.40. The molecule has 0 bridgehead atoms. The fourth-order valence-electron chi connectivity index (χ4n) is 4.98. The molecular weight excluding hydrogens is 372 g/mol. The van der Waals surface area contributed by atoms with Crippen molar-refractivity contribution in [2.45, 2.75) is 126 Å². The van der Waals surface area contributed by atoms with Crippen LogP contribution in [0.5, 0.6) is 0 Å². The largest absolute Gasteiger partial charge is 0.0996 e. The summed E-state index contributed by atoms with van der Waals surface area (Å²) in [7, 11) is 0. The summed E-state index contributed by atoms with van der Waals surface area (Å²) in [5.41, 5.74) is 8.09. The van der Waals surface area contributed by atoms with Crippen LogP contribution in [0.15, 0.2) is 58.7 Å². The maximum atomic E-state index is 4.39. The predicted octanol–water partition coefficient (Wildman–Crippen LogP) is 10.7. The van der Waals surface area contributed by atoms with Crippen LogP contribution in [0.1, 0.15) is 126 Å². The zero-order valence-corrected chi connectivity index (χ0v) is 22.1. The molecule has 0 N–H and O–H groups in total. The summed E-state index contributed by atoms with van der Waals surface area (Å²) in [6.07, 6.45) is 24.6. The van der Waals surface area contributed by atoms with Gasteiger partial charge in [-0.2, -0.15) is 0 Å². The van der Waals surface area contributed by atoms with Gasteiger partial charge in [-0.05, 0) is 116 Å². The highest BCUT2D eigenvalue weighted by molar-refractivity contribution is 5.11. The molecule has 0 aromatic carbocycles. The smallest absolute Gasteiger partial charge is 0.0152 e. The number of unbranched alkanes of at least 4 members (excludes halogenated alkanes) is 1. The van der Waals surface area contributed by atoms with Crippen molar-refractivity contribution >= 4 is 0 Å². The Hall–Kier alpha value is -1.30. The summed E-state index contributed by atoms with van der Waals surface area (Å²) in [5, 5.41) is 0. The van der Waals surface area contributed by atoms with Gasteiger partial charge in [-0.1, -0.05) is 79.5 Å². The van der Waals surface area contributed by atoms with E-state index in [0.29, 0.717) is 11.3 Å². The Morgan fingerprint density at radius 2 is 1.48 bits per heavy atom. The topological polar surface area (TPSA) is 0 Å². The summed E-state index contributed by atoms with van der Waals surface area (Å²) in [6.45, 7) is 20.6. The number of hydrogen-bond donors (Lipinski definition) is 0. The average molecular weight is 425 g/mol. The molecule has 0 heteroatoms. The van der Waals surface area contributed by atoms with Crippen molar-refractivity contribution in [1.29, 1.82) is 0 Å². The van der Waals surface area contributed by atoms with E-state index in [0.717, 1.165) is 0 Å². The number of hydrogen-bond acceptors (Lipinski definition) is 0. The van der Waals surface area contributed by atoms with Gasteiger partial charge in [-0.3, -0.25) is 0 Å². The molecule has 0 radical (unpaired) electrons. The minimum absolute atomic E-state index is 0.438. The molecule has 176 valence electrons. The fourth-order valence-corrected chi connectivity index (χ4v) is 4.98. The van der Waals surface area contributed by atoms with Crippen LogP contribution in [0.4, 0.5) is 0 Å². The minimum Gasteiger partial charge on any atom is -0.0996 e. The average Bonchev–Trinajstić information content (AvgIpc) is 2.69. The SMILES string of the molecule is C=C1CCCC(C)(C)C1CC/C(C)=C/CC/C=C(\C)CC/C=C(\CC)CCC=C(C)C. The first-order valence-electron chi connectivity index (χ1n) is 13.0. The van der Waals surface area contributed by atoms with Crippen LogP contribution in [-0.2, 0) is 0 Å². The van der Waals surface area contributed by atoms with Crippen LogP contribution in [-0.4, -0.2) is 0 Å². The first kappa shape index (κ1) is 27.7. The molecule has 1 saturated carbocycles. The highest BCUT2D eigenvalue weighted by Crippen LogP contribution is 2.45. The second-order valence-corrected chi connectivity index (χ2v) is 10.8. The van der Waals surface area contributed by atoms with Gasteiger partial charge in [-0.15, -0.1) is 0 Å². The van der Waals surface area contributed by atoms with E-state index < -0.39 is 0 Å². The van der Waals surface area contributed by atoms with Gasteiger partial charge in [0.25, 0.3) is 0 Å². The molecule has 1 unspecified atom stereocenters. The molecule has 1 aliphatic carbocycles. The van der Waals surface area contributed by atoms with Gasteiger partial charge in [0.2, 0.25) is 0 Å². The Morgan fingerprint density at radius 1 is 0.871 bits per heavy atom. The Bertz CT molecular complexity index is 658. The first-order chi connectivity index (χ1) is 14.7. The monoisotopic (exact) mass is 424 g/mol. The summed E-state index contributed by atoms with van der Waals surface area (Å²) in [6, 6.07) is 0. The van der Waals surface area contributed by atoms with Gasteiger partial charge in [0.15, 0.2) is 0 Å². The third-order valence-corrected chi connectivity index (χ3v) is 7.18. The molecular formula is C31H52. The molecule has 1 fully saturated rings.